The molecule has 2 N–H and O–H groups in total. The number of hydrogen-bond donors (Lipinski definition) is 2. The highest BCUT2D eigenvalue weighted by atomic mass is 79.9. The summed E-state index contributed by atoms with van der Waals surface area (Å²) in [5, 5.41) is 20.5. The highest BCUT2D eigenvalue weighted by molar-refractivity contribution is 9.09. The van der Waals surface area contributed by atoms with E-state index >= 15 is 0 Å². The van der Waals surface area contributed by atoms with Gasteiger partial charge in [0.2, 0.25) is 0 Å². The fraction of sp³-hybridized carbons (Fsp3) is 0.294. The van der Waals surface area contributed by atoms with Gasteiger partial charge in [0.1, 0.15) is 0 Å². The van der Waals surface area contributed by atoms with Crippen LogP contribution in [0.5, 0.6) is 0 Å². The summed E-state index contributed by atoms with van der Waals surface area (Å²) in [7, 11) is -1.31. The first-order valence-electron chi connectivity index (χ1n) is 6.99. The third-order valence-corrected chi connectivity index (χ3v) is 5.97. The molecule has 0 radical (unpaired) electrons. The number of aliphatic hydroxyl groups is 2. The maximum atomic E-state index is 12.3. The van der Waals surface area contributed by atoms with E-state index in [4.69, 9.17) is 0 Å². The van der Waals surface area contributed by atoms with Gasteiger partial charge in [-0.15, -0.1) is 0 Å². The van der Waals surface area contributed by atoms with Crippen LogP contribution in [0, 0.1) is 6.92 Å². The van der Waals surface area contributed by atoms with Crippen molar-refractivity contribution in [2.24, 2.45) is 0 Å². The summed E-state index contributed by atoms with van der Waals surface area (Å²) >= 11 is 3.32. The van der Waals surface area contributed by atoms with Crippen molar-refractivity contribution in [3.8, 4) is 0 Å². The van der Waals surface area contributed by atoms with Crippen LogP contribution < -0.4 is 0 Å². The second kappa shape index (κ2) is 8.02. The molecule has 3 nitrogen and oxygen atoms in total. The molecule has 22 heavy (non-hydrogen) atoms. The van der Waals surface area contributed by atoms with Crippen molar-refractivity contribution in [2.75, 3.05) is 5.75 Å². The first-order chi connectivity index (χ1) is 10.5. The summed E-state index contributed by atoms with van der Waals surface area (Å²) in [6, 6.07) is 16.5. The molecule has 0 spiro atoms. The number of aryl methyl sites for hydroxylation is 1. The Morgan fingerprint density at radius 3 is 2.23 bits per heavy atom. The van der Waals surface area contributed by atoms with E-state index in [0.717, 1.165) is 5.56 Å². The monoisotopic (exact) mass is 382 g/mol. The van der Waals surface area contributed by atoms with Crippen LogP contribution in [0.1, 0.15) is 17.2 Å². The Hall–Kier alpha value is -1.01. The van der Waals surface area contributed by atoms with E-state index < -0.39 is 27.8 Å². The van der Waals surface area contributed by atoms with Crippen molar-refractivity contribution < 1.29 is 14.4 Å². The molecule has 0 aliphatic rings. The molecule has 1 unspecified atom stereocenters. The molecule has 0 bridgehead atoms. The van der Waals surface area contributed by atoms with E-state index in [-0.39, 0.29) is 5.75 Å². The zero-order valence-electron chi connectivity index (χ0n) is 12.2. The summed E-state index contributed by atoms with van der Waals surface area (Å²) in [6.07, 6.45) is -1.77. The zero-order valence-corrected chi connectivity index (χ0v) is 14.6. The quantitative estimate of drug-likeness (QED) is 0.755. The molecule has 0 fully saturated rings. The lowest BCUT2D eigenvalue weighted by molar-refractivity contribution is 0.104. The fourth-order valence-corrected chi connectivity index (χ4v) is 3.97. The average Bonchev–Trinajstić information content (AvgIpc) is 2.54. The number of halogens is 1. The molecular weight excluding hydrogens is 364 g/mol. The van der Waals surface area contributed by atoms with Crippen LogP contribution in [0.4, 0.5) is 0 Å². The predicted molar refractivity (Wildman–Crippen MR) is 92.6 cm³/mol. The SMILES string of the molecule is Cc1ccc(S(=O)C[C@@H](O)[C@H](Br)[C@@H](O)c2ccccc2)cc1. The van der Waals surface area contributed by atoms with E-state index in [9.17, 15) is 14.4 Å². The minimum atomic E-state index is -1.31. The van der Waals surface area contributed by atoms with Crippen LogP contribution in [0.25, 0.3) is 0 Å². The van der Waals surface area contributed by atoms with Crippen LogP contribution in [0.3, 0.4) is 0 Å². The molecule has 118 valence electrons. The van der Waals surface area contributed by atoms with Crippen molar-refractivity contribution in [2.45, 2.75) is 28.9 Å². The summed E-state index contributed by atoms with van der Waals surface area (Å²) in [6.45, 7) is 1.96. The van der Waals surface area contributed by atoms with E-state index in [1.54, 1.807) is 24.3 Å². The molecule has 0 aliphatic heterocycles. The topological polar surface area (TPSA) is 57.5 Å². The second-order valence-electron chi connectivity index (χ2n) is 5.19. The van der Waals surface area contributed by atoms with E-state index in [1.165, 1.54) is 0 Å². The lowest BCUT2D eigenvalue weighted by atomic mass is 10.0. The Bertz CT molecular complexity index is 616. The van der Waals surface area contributed by atoms with Gasteiger partial charge in [-0.25, -0.2) is 0 Å². The fourth-order valence-electron chi connectivity index (χ4n) is 2.08. The Morgan fingerprint density at radius 1 is 1.05 bits per heavy atom. The maximum absolute atomic E-state index is 12.3. The summed E-state index contributed by atoms with van der Waals surface area (Å²) < 4.78 is 12.3. The average molecular weight is 383 g/mol. The molecule has 2 rings (SSSR count). The van der Waals surface area contributed by atoms with E-state index in [2.05, 4.69) is 15.9 Å². The molecular formula is C17H19BrO3S. The van der Waals surface area contributed by atoms with Gasteiger partial charge >= 0.3 is 0 Å². The van der Waals surface area contributed by atoms with Crippen molar-refractivity contribution in [1.82, 2.24) is 0 Å². The van der Waals surface area contributed by atoms with Gasteiger partial charge < -0.3 is 10.2 Å². The summed E-state index contributed by atoms with van der Waals surface area (Å²) in [4.78, 5) is 0.0999. The van der Waals surface area contributed by atoms with Crippen molar-refractivity contribution in [1.29, 1.82) is 0 Å². The lowest BCUT2D eigenvalue weighted by Gasteiger charge is -2.22. The van der Waals surface area contributed by atoms with Crippen LogP contribution >= 0.6 is 15.9 Å². The van der Waals surface area contributed by atoms with Gasteiger partial charge in [-0.3, -0.25) is 4.21 Å². The normalized spacial score (nSPS) is 16.7. The van der Waals surface area contributed by atoms with Gasteiger partial charge in [0.25, 0.3) is 0 Å². The van der Waals surface area contributed by atoms with E-state index in [1.807, 2.05) is 37.3 Å². The molecule has 0 heterocycles. The van der Waals surface area contributed by atoms with Gasteiger partial charge in [0, 0.05) is 4.90 Å². The number of aliphatic hydroxyl groups excluding tert-OH is 2. The number of alkyl halides is 1. The van der Waals surface area contributed by atoms with Crippen molar-refractivity contribution in [3.63, 3.8) is 0 Å². The summed E-state index contributed by atoms with van der Waals surface area (Å²) in [5.74, 6) is 0.0723. The van der Waals surface area contributed by atoms with Gasteiger partial charge in [-0.2, -0.15) is 0 Å². The predicted octanol–water partition coefficient (Wildman–Crippen LogP) is 2.96. The van der Waals surface area contributed by atoms with Crippen LogP contribution in [-0.4, -0.2) is 31.1 Å². The van der Waals surface area contributed by atoms with Crippen LogP contribution in [0.15, 0.2) is 59.5 Å². The van der Waals surface area contributed by atoms with Gasteiger partial charge in [-0.05, 0) is 24.6 Å². The minimum absolute atomic E-state index is 0.0723. The second-order valence-corrected chi connectivity index (χ2v) is 7.75. The third kappa shape index (κ3) is 4.49. The molecule has 0 saturated carbocycles. The Balaban J connectivity index is 2.00. The summed E-state index contributed by atoms with van der Waals surface area (Å²) in [5.41, 5.74) is 1.81. The van der Waals surface area contributed by atoms with Crippen LogP contribution in [-0.2, 0) is 10.8 Å². The molecule has 2 aromatic carbocycles. The first-order valence-corrected chi connectivity index (χ1v) is 9.22. The molecule has 5 heteroatoms. The molecule has 0 aliphatic carbocycles. The number of rotatable bonds is 6. The Morgan fingerprint density at radius 2 is 1.64 bits per heavy atom. The Labute approximate surface area is 141 Å². The van der Waals surface area contributed by atoms with Crippen LogP contribution in [0.2, 0.25) is 0 Å². The molecule has 0 aromatic heterocycles. The highest BCUT2D eigenvalue weighted by Crippen LogP contribution is 2.26. The molecule has 0 amide bonds. The van der Waals surface area contributed by atoms with Crippen molar-refractivity contribution in [3.05, 3.63) is 65.7 Å². The maximum Gasteiger partial charge on any atom is 0.0940 e. The molecule has 0 saturated heterocycles. The zero-order chi connectivity index (χ0) is 16.1. The number of benzene rings is 2. The van der Waals surface area contributed by atoms with Crippen molar-refractivity contribution >= 4 is 26.7 Å². The Kier molecular flexibility index (Phi) is 6.32. The highest BCUT2D eigenvalue weighted by Gasteiger charge is 2.27. The third-order valence-electron chi connectivity index (χ3n) is 3.42. The van der Waals surface area contributed by atoms with Gasteiger partial charge in [0.05, 0.1) is 33.6 Å². The van der Waals surface area contributed by atoms with Gasteiger partial charge in [0.15, 0.2) is 0 Å². The van der Waals surface area contributed by atoms with E-state index in [0.29, 0.717) is 10.5 Å². The molecule has 4 atom stereocenters. The largest absolute Gasteiger partial charge is 0.391 e. The lowest BCUT2D eigenvalue weighted by Crippen LogP contribution is -2.31. The first kappa shape index (κ1) is 17.3. The standard InChI is InChI=1S/C17H19BrO3S/c1-12-7-9-14(10-8-12)22(21)11-15(19)16(18)17(20)13-5-3-2-4-6-13/h2-10,15-17,19-20H,11H2,1H3/t15-,16+,17+,22?/m1/s1. The van der Waals surface area contributed by atoms with Gasteiger partial charge in [-0.1, -0.05) is 64.0 Å². The minimum Gasteiger partial charge on any atom is -0.391 e. The smallest absolute Gasteiger partial charge is 0.0940 e. The number of hydrogen-bond acceptors (Lipinski definition) is 3. The molecule has 2 aromatic rings.